The molecule has 17 heteroatoms. The summed E-state index contributed by atoms with van der Waals surface area (Å²) >= 11 is 0. The van der Waals surface area contributed by atoms with Crippen LogP contribution < -0.4 is 4.72 Å². The lowest BCUT2D eigenvalue weighted by atomic mass is 9.97. The van der Waals surface area contributed by atoms with Crippen molar-refractivity contribution in [3.8, 4) is 16.9 Å². The van der Waals surface area contributed by atoms with Crippen molar-refractivity contribution < 1.29 is 45.7 Å². The van der Waals surface area contributed by atoms with E-state index in [9.17, 15) is 36.4 Å². The molecule has 0 saturated carbocycles. The highest BCUT2D eigenvalue weighted by Gasteiger charge is 2.39. The first kappa shape index (κ1) is 34.2. The van der Waals surface area contributed by atoms with E-state index in [1.807, 2.05) is 11.6 Å². The van der Waals surface area contributed by atoms with E-state index in [0.29, 0.717) is 12.0 Å². The standard InChI is InChI=1S/C29H33F3N6O7S/c1-18-8-10-20(11-9-18)24-17-25(29(30,31)32)33-37(24)21-12-14-22(15-13-21)46(42,43)34-26(39)23-7-6-16-36(23)38(41)35-45-19(2)44-27(40)28(3,4)5/h8-15,17,19,23H,6-7,16H2,1-5H3,(H,34,39)/b38-35+/t19?,23-/m0/s1. The average molecular weight is 667 g/mol. The molecule has 46 heavy (non-hydrogen) atoms. The van der Waals surface area contributed by atoms with Crippen LogP contribution >= 0.6 is 0 Å². The number of ether oxygens (including phenoxy) is 1. The number of nitrogens with zero attached hydrogens (tertiary/aromatic N) is 5. The average Bonchev–Trinajstić information content (AvgIpc) is 3.64. The number of halogens is 3. The summed E-state index contributed by atoms with van der Waals surface area (Å²) in [6.45, 7) is 8.13. The Balaban J connectivity index is 1.49. The number of esters is 1. The number of carbonyl (C=O) groups excluding carboxylic acids is 2. The quantitative estimate of drug-likeness (QED) is 0.110. The van der Waals surface area contributed by atoms with Crippen LogP contribution in [0.1, 0.15) is 51.8 Å². The van der Waals surface area contributed by atoms with Crippen LogP contribution in [0.15, 0.2) is 64.8 Å². The first-order valence-corrected chi connectivity index (χ1v) is 15.6. The smallest absolute Gasteiger partial charge is 0.435 e. The fraction of sp³-hybridized carbons (Fsp3) is 0.414. The van der Waals surface area contributed by atoms with E-state index in [1.165, 1.54) is 19.1 Å². The third-order valence-electron chi connectivity index (χ3n) is 6.87. The molecule has 1 N–H and O–H groups in total. The maximum atomic E-state index is 13.5. The van der Waals surface area contributed by atoms with Gasteiger partial charge >= 0.3 is 12.1 Å². The summed E-state index contributed by atoms with van der Waals surface area (Å²) in [5, 5.41) is 20.6. The van der Waals surface area contributed by atoms with Crippen LogP contribution in [0.5, 0.6) is 0 Å². The van der Waals surface area contributed by atoms with Gasteiger partial charge < -0.3 is 9.94 Å². The maximum Gasteiger partial charge on any atom is 0.435 e. The minimum absolute atomic E-state index is 0.00892. The maximum absolute atomic E-state index is 13.5. The Kier molecular flexibility index (Phi) is 9.65. The highest BCUT2D eigenvalue weighted by Crippen LogP contribution is 2.33. The van der Waals surface area contributed by atoms with Gasteiger partial charge in [0.05, 0.1) is 33.2 Å². The molecule has 0 spiro atoms. The zero-order valence-corrected chi connectivity index (χ0v) is 26.4. The molecule has 1 saturated heterocycles. The van der Waals surface area contributed by atoms with Gasteiger partial charge in [0.15, 0.2) is 11.7 Å². The number of aromatic nitrogens is 2. The Morgan fingerprint density at radius 2 is 1.74 bits per heavy atom. The van der Waals surface area contributed by atoms with Crippen molar-refractivity contribution in [2.45, 2.75) is 70.9 Å². The Hall–Kier alpha value is -4.67. The molecule has 0 bridgehead atoms. The first-order chi connectivity index (χ1) is 21.4. The predicted octanol–water partition coefficient (Wildman–Crippen LogP) is 4.88. The third kappa shape index (κ3) is 7.94. The Morgan fingerprint density at radius 3 is 2.33 bits per heavy atom. The highest BCUT2D eigenvalue weighted by molar-refractivity contribution is 7.90. The number of sulfonamides is 1. The Labute approximate surface area is 263 Å². The van der Waals surface area contributed by atoms with Gasteiger partial charge in [-0.25, -0.2) is 17.8 Å². The zero-order valence-electron chi connectivity index (χ0n) is 25.6. The van der Waals surface area contributed by atoms with E-state index in [2.05, 4.69) is 10.4 Å². The molecule has 1 aromatic heterocycles. The van der Waals surface area contributed by atoms with Crippen molar-refractivity contribution in [2.75, 3.05) is 6.54 Å². The minimum atomic E-state index is -4.72. The number of hydrazine groups is 1. The van der Waals surface area contributed by atoms with Crippen molar-refractivity contribution in [2.24, 2.45) is 10.7 Å². The molecule has 2 atom stereocenters. The number of amides is 1. The van der Waals surface area contributed by atoms with Gasteiger partial charge in [0, 0.05) is 12.5 Å². The van der Waals surface area contributed by atoms with Crippen LogP contribution in [0.25, 0.3) is 16.9 Å². The van der Waals surface area contributed by atoms with Crippen LogP contribution in [-0.2, 0) is 35.4 Å². The molecule has 248 valence electrons. The van der Waals surface area contributed by atoms with E-state index in [-0.39, 0.29) is 34.2 Å². The normalized spacial score (nSPS) is 16.7. The highest BCUT2D eigenvalue weighted by atomic mass is 32.2. The summed E-state index contributed by atoms with van der Waals surface area (Å²) in [7, 11) is -4.46. The third-order valence-corrected chi connectivity index (χ3v) is 8.23. The molecule has 2 aromatic carbocycles. The first-order valence-electron chi connectivity index (χ1n) is 14.1. The van der Waals surface area contributed by atoms with E-state index < -0.39 is 51.5 Å². The van der Waals surface area contributed by atoms with E-state index in [1.54, 1.807) is 45.0 Å². The number of benzene rings is 2. The summed E-state index contributed by atoms with van der Waals surface area (Å²) < 4.78 is 74.8. The molecular formula is C29H33F3N6O7S. The second-order valence-corrected chi connectivity index (χ2v) is 13.3. The summed E-state index contributed by atoms with van der Waals surface area (Å²) in [6.07, 6.45) is -5.44. The molecular weight excluding hydrogens is 633 g/mol. The van der Waals surface area contributed by atoms with Gasteiger partial charge in [0.2, 0.25) is 5.28 Å². The topological polar surface area (TPSA) is 158 Å². The van der Waals surface area contributed by atoms with Crippen LogP contribution in [0.4, 0.5) is 13.2 Å². The summed E-state index contributed by atoms with van der Waals surface area (Å²) in [6, 6.07) is 11.2. The molecule has 1 aliphatic heterocycles. The molecule has 1 amide bonds. The largest absolute Gasteiger partial charge is 0.569 e. The second kappa shape index (κ2) is 13.0. The summed E-state index contributed by atoms with van der Waals surface area (Å²) in [5.74, 6) is -1.60. The Bertz CT molecular complexity index is 1720. The number of aryl methyl sites for hydroxylation is 1. The van der Waals surface area contributed by atoms with Gasteiger partial charge in [-0.3, -0.25) is 14.4 Å². The van der Waals surface area contributed by atoms with Crippen molar-refractivity contribution in [1.29, 1.82) is 0 Å². The minimum Gasteiger partial charge on any atom is -0.569 e. The van der Waals surface area contributed by atoms with Gasteiger partial charge in [0.1, 0.15) is 0 Å². The number of hydrogen-bond donors (Lipinski definition) is 1. The lowest BCUT2D eigenvalue weighted by molar-refractivity contribution is -0.713. The van der Waals surface area contributed by atoms with E-state index in [4.69, 9.17) is 9.57 Å². The molecule has 4 rings (SSSR count). The van der Waals surface area contributed by atoms with Crippen LogP contribution in [-0.4, -0.2) is 58.9 Å². The van der Waals surface area contributed by atoms with Crippen LogP contribution in [0.3, 0.4) is 0 Å². The van der Waals surface area contributed by atoms with Crippen LogP contribution in [0.2, 0.25) is 0 Å². The summed E-state index contributed by atoms with van der Waals surface area (Å²) in [5.41, 5.74) is -0.303. The molecule has 2 heterocycles. The molecule has 1 aliphatic rings. The predicted molar refractivity (Wildman–Crippen MR) is 156 cm³/mol. The van der Waals surface area contributed by atoms with Gasteiger partial charge in [-0.05, 0) is 70.9 Å². The molecule has 3 aromatic rings. The molecule has 1 fully saturated rings. The van der Waals surface area contributed by atoms with E-state index >= 15 is 0 Å². The SMILES string of the molecule is Cc1ccc(-c2cc(C(F)(F)F)nn2-c2ccc(S(=O)(=O)NC(=O)[C@@H]3CCCN3/[N+]([O-])=N\OC(C)OC(=O)C(C)(C)C)cc2)cc1. The van der Waals surface area contributed by atoms with Crippen molar-refractivity contribution in [3.05, 3.63) is 71.1 Å². The molecule has 0 aliphatic carbocycles. The van der Waals surface area contributed by atoms with Crippen molar-refractivity contribution in [3.63, 3.8) is 0 Å². The lowest BCUT2D eigenvalue weighted by Crippen LogP contribution is -2.47. The molecule has 0 radical (unpaired) electrons. The van der Waals surface area contributed by atoms with E-state index in [0.717, 1.165) is 33.5 Å². The summed E-state index contributed by atoms with van der Waals surface area (Å²) in [4.78, 5) is 29.5. The number of alkyl halides is 3. The number of carbonyl (C=O) groups is 2. The second-order valence-electron chi connectivity index (χ2n) is 11.6. The lowest BCUT2D eigenvalue weighted by Gasteiger charge is -2.21. The van der Waals surface area contributed by atoms with Gasteiger partial charge in [-0.15, -0.1) is 5.01 Å². The number of nitrogens with one attached hydrogen (secondary N) is 1. The molecule has 13 nitrogen and oxygen atoms in total. The monoisotopic (exact) mass is 666 g/mol. The zero-order chi connectivity index (χ0) is 34.0. The molecule has 1 unspecified atom stereocenters. The van der Waals surface area contributed by atoms with Gasteiger partial charge in [-0.2, -0.15) is 18.3 Å². The fourth-order valence-electron chi connectivity index (χ4n) is 4.40. The Morgan fingerprint density at radius 1 is 1.11 bits per heavy atom. The van der Waals surface area contributed by atoms with Gasteiger partial charge in [0.25, 0.3) is 22.2 Å². The fourth-order valence-corrected chi connectivity index (χ4v) is 5.41. The van der Waals surface area contributed by atoms with Crippen molar-refractivity contribution >= 4 is 21.9 Å². The van der Waals surface area contributed by atoms with Crippen molar-refractivity contribution in [1.82, 2.24) is 19.5 Å². The van der Waals surface area contributed by atoms with Gasteiger partial charge in [-0.1, -0.05) is 29.8 Å². The number of hydrogen-bond acceptors (Lipinski definition) is 9. The van der Waals surface area contributed by atoms with Crippen LogP contribution in [0, 0.1) is 17.5 Å². The number of rotatable bonds is 9.